The average molecular weight is 351 g/mol. The first-order valence-corrected chi connectivity index (χ1v) is 8.39. The van der Waals surface area contributed by atoms with Crippen molar-refractivity contribution in [3.8, 4) is 5.75 Å². The van der Waals surface area contributed by atoms with Crippen LogP contribution in [0.15, 0.2) is 42.5 Å². The van der Waals surface area contributed by atoms with Gasteiger partial charge in [0.1, 0.15) is 5.75 Å². The van der Waals surface area contributed by atoms with E-state index in [-0.39, 0.29) is 25.4 Å². The summed E-state index contributed by atoms with van der Waals surface area (Å²) in [6, 6.07) is 12.9. The van der Waals surface area contributed by atoms with Crippen LogP contribution < -0.4 is 10.1 Å². The van der Waals surface area contributed by atoms with E-state index >= 15 is 0 Å². The minimum atomic E-state index is -4.19. The topological polar surface area (TPSA) is 38.3 Å². The number of halogens is 3. The maximum atomic E-state index is 12.8. The molecule has 3 nitrogen and oxygen atoms in total. The molecule has 1 amide bonds. The van der Waals surface area contributed by atoms with Crippen molar-refractivity contribution in [2.75, 3.05) is 6.61 Å². The standard InChI is InChI=1S/C19H20F3NO2/c20-19(21,22)15-6-3-7-16(11-15)23-18(24)12-25-17-9-8-13-4-1-2-5-14(13)10-17/h1-2,4-5,8-10,15-16H,3,6-7,11-12H2,(H,23,24). The van der Waals surface area contributed by atoms with Crippen molar-refractivity contribution in [3.63, 3.8) is 0 Å². The molecule has 2 aromatic carbocycles. The Balaban J connectivity index is 1.52. The predicted molar refractivity (Wildman–Crippen MR) is 89.4 cm³/mol. The fraction of sp³-hybridized carbons (Fsp3) is 0.421. The molecule has 2 atom stereocenters. The average Bonchev–Trinajstić information content (AvgIpc) is 2.59. The third-order valence-corrected chi connectivity index (χ3v) is 4.59. The first-order chi connectivity index (χ1) is 11.9. The molecule has 0 aliphatic heterocycles. The molecule has 1 aliphatic carbocycles. The maximum absolute atomic E-state index is 12.8. The number of hydrogen-bond acceptors (Lipinski definition) is 2. The van der Waals surface area contributed by atoms with E-state index in [2.05, 4.69) is 5.32 Å². The summed E-state index contributed by atoms with van der Waals surface area (Å²) in [7, 11) is 0. The lowest BCUT2D eigenvalue weighted by atomic mass is 9.85. The summed E-state index contributed by atoms with van der Waals surface area (Å²) in [5.41, 5.74) is 0. The summed E-state index contributed by atoms with van der Waals surface area (Å²) >= 11 is 0. The molecule has 0 aromatic heterocycles. The largest absolute Gasteiger partial charge is 0.484 e. The quantitative estimate of drug-likeness (QED) is 0.883. The molecule has 2 unspecified atom stereocenters. The number of amides is 1. The normalized spacial score (nSPS) is 21.1. The fourth-order valence-corrected chi connectivity index (χ4v) is 3.29. The van der Waals surface area contributed by atoms with Gasteiger partial charge in [0, 0.05) is 6.04 Å². The van der Waals surface area contributed by atoms with Crippen LogP contribution in [0.5, 0.6) is 5.75 Å². The number of benzene rings is 2. The van der Waals surface area contributed by atoms with Gasteiger partial charge in [0.15, 0.2) is 6.61 Å². The molecular formula is C19H20F3NO2. The van der Waals surface area contributed by atoms with Crippen molar-refractivity contribution >= 4 is 16.7 Å². The van der Waals surface area contributed by atoms with Gasteiger partial charge in [-0.25, -0.2) is 0 Å². The van der Waals surface area contributed by atoms with E-state index in [1.165, 1.54) is 0 Å². The van der Waals surface area contributed by atoms with Crippen molar-refractivity contribution in [3.05, 3.63) is 42.5 Å². The number of nitrogens with one attached hydrogen (secondary N) is 1. The van der Waals surface area contributed by atoms with Crippen LogP contribution in [0.25, 0.3) is 10.8 Å². The van der Waals surface area contributed by atoms with Crippen LogP contribution in [0.4, 0.5) is 13.2 Å². The number of fused-ring (bicyclic) bond motifs is 1. The minimum absolute atomic E-state index is 0.0504. The molecule has 1 aliphatic rings. The Morgan fingerprint density at radius 1 is 1.12 bits per heavy atom. The highest BCUT2D eigenvalue weighted by Crippen LogP contribution is 2.37. The lowest BCUT2D eigenvalue weighted by molar-refractivity contribution is -0.184. The molecule has 0 spiro atoms. The van der Waals surface area contributed by atoms with Crippen molar-refractivity contribution in [2.24, 2.45) is 5.92 Å². The molecule has 0 radical (unpaired) electrons. The van der Waals surface area contributed by atoms with Crippen LogP contribution >= 0.6 is 0 Å². The molecule has 1 saturated carbocycles. The van der Waals surface area contributed by atoms with Gasteiger partial charge in [-0.2, -0.15) is 13.2 Å². The number of rotatable bonds is 4. The van der Waals surface area contributed by atoms with E-state index in [4.69, 9.17) is 4.74 Å². The Kier molecular flexibility index (Phi) is 5.16. The summed E-state index contributed by atoms with van der Waals surface area (Å²) in [6.45, 7) is -0.203. The van der Waals surface area contributed by atoms with Crippen LogP contribution in [-0.2, 0) is 4.79 Å². The van der Waals surface area contributed by atoms with Gasteiger partial charge in [-0.1, -0.05) is 36.8 Å². The first kappa shape index (κ1) is 17.6. The Morgan fingerprint density at radius 3 is 2.64 bits per heavy atom. The summed E-state index contributed by atoms with van der Waals surface area (Å²) < 4.78 is 43.9. The van der Waals surface area contributed by atoms with E-state index in [9.17, 15) is 18.0 Å². The van der Waals surface area contributed by atoms with Gasteiger partial charge in [-0.15, -0.1) is 0 Å². The van der Waals surface area contributed by atoms with Crippen molar-refractivity contribution in [1.29, 1.82) is 0 Å². The Morgan fingerprint density at radius 2 is 1.88 bits per heavy atom. The highest BCUT2D eigenvalue weighted by atomic mass is 19.4. The maximum Gasteiger partial charge on any atom is 0.391 e. The van der Waals surface area contributed by atoms with Gasteiger partial charge in [0.05, 0.1) is 5.92 Å². The molecule has 6 heteroatoms. The van der Waals surface area contributed by atoms with E-state index in [1.807, 2.05) is 36.4 Å². The summed E-state index contributed by atoms with van der Waals surface area (Å²) in [6.07, 6.45) is -3.05. The number of alkyl halides is 3. The fourth-order valence-electron chi connectivity index (χ4n) is 3.29. The zero-order valence-electron chi connectivity index (χ0n) is 13.7. The summed E-state index contributed by atoms with van der Waals surface area (Å²) in [5.74, 6) is -1.15. The van der Waals surface area contributed by atoms with Crippen LogP contribution in [0.1, 0.15) is 25.7 Å². The summed E-state index contributed by atoms with van der Waals surface area (Å²) in [5, 5.41) is 4.73. The second-order valence-corrected chi connectivity index (χ2v) is 6.47. The molecule has 134 valence electrons. The third-order valence-electron chi connectivity index (χ3n) is 4.59. The van der Waals surface area contributed by atoms with Gasteiger partial charge >= 0.3 is 6.18 Å². The number of carbonyl (C=O) groups is 1. The van der Waals surface area contributed by atoms with Crippen LogP contribution in [0.2, 0.25) is 0 Å². The predicted octanol–water partition coefficient (Wildman–Crippen LogP) is 4.46. The Labute approximate surface area is 144 Å². The zero-order chi connectivity index (χ0) is 17.9. The number of carbonyl (C=O) groups excluding carboxylic acids is 1. The van der Waals surface area contributed by atoms with Gasteiger partial charge in [0.25, 0.3) is 5.91 Å². The molecule has 3 rings (SSSR count). The molecule has 2 aromatic rings. The lowest BCUT2D eigenvalue weighted by Gasteiger charge is -2.31. The van der Waals surface area contributed by atoms with E-state index in [0.717, 1.165) is 10.8 Å². The smallest absolute Gasteiger partial charge is 0.391 e. The van der Waals surface area contributed by atoms with Crippen molar-refractivity contribution in [1.82, 2.24) is 5.32 Å². The first-order valence-electron chi connectivity index (χ1n) is 8.39. The highest BCUT2D eigenvalue weighted by Gasteiger charge is 2.42. The van der Waals surface area contributed by atoms with E-state index in [0.29, 0.717) is 18.6 Å². The van der Waals surface area contributed by atoms with Crippen LogP contribution in [-0.4, -0.2) is 24.7 Å². The van der Waals surface area contributed by atoms with Crippen LogP contribution in [0.3, 0.4) is 0 Å². The summed E-state index contributed by atoms with van der Waals surface area (Å²) in [4.78, 5) is 12.0. The number of ether oxygens (including phenoxy) is 1. The minimum Gasteiger partial charge on any atom is -0.484 e. The van der Waals surface area contributed by atoms with Gasteiger partial charge in [-0.05, 0) is 42.2 Å². The van der Waals surface area contributed by atoms with Crippen molar-refractivity contribution < 1.29 is 22.7 Å². The second-order valence-electron chi connectivity index (χ2n) is 6.47. The van der Waals surface area contributed by atoms with E-state index in [1.54, 1.807) is 6.07 Å². The molecular weight excluding hydrogens is 331 g/mol. The Bertz CT molecular complexity index is 745. The van der Waals surface area contributed by atoms with Gasteiger partial charge < -0.3 is 10.1 Å². The van der Waals surface area contributed by atoms with Gasteiger partial charge in [0.2, 0.25) is 0 Å². The molecule has 0 saturated heterocycles. The monoisotopic (exact) mass is 351 g/mol. The van der Waals surface area contributed by atoms with Crippen molar-refractivity contribution in [2.45, 2.75) is 37.9 Å². The molecule has 0 bridgehead atoms. The van der Waals surface area contributed by atoms with Crippen LogP contribution in [0, 0.1) is 5.92 Å². The molecule has 0 heterocycles. The second kappa shape index (κ2) is 7.33. The molecule has 25 heavy (non-hydrogen) atoms. The zero-order valence-corrected chi connectivity index (χ0v) is 13.7. The number of hydrogen-bond donors (Lipinski definition) is 1. The third kappa shape index (κ3) is 4.65. The Hall–Kier alpha value is -2.24. The lowest BCUT2D eigenvalue weighted by Crippen LogP contribution is -2.43. The molecule has 1 fully saturated rings. The molecule has 1 N–H and O–H groups in total. The SMILES string of the molecule is O=C(COc1ccc2ccccc2c1)NC1CCCC(C(F)(F)F)C1. The van der Waals surface area contributed by atoms with Gasteiger partial charge in [-0.3, -0.25) is 4.79 Å². The van der Waals surface area contributed by atoms with E-state index < -0.39 is 18.1 Å². The highest BCUT2D eigenvalue weighted by molar-refractivity contribution is 5.84.